The van der Waals surface area contributed by atoms with Crippen molar-refractivity contribution in [3.05, 3.63) is 24.4 Å². The van der Waals surface area contributed by atoms with Gasteiger partial charge in [0.05, 0.1) is 0 Å². The molecule has 2 aromatic rings. The molecule has 0 N–H and O–H groups in total. The number of aryl methyl sites for hydroxylation is 1. The lowest BCUT2D eigenvalue weighted by Crippen LogP contribution is -2.28. The van der Waals surface area contributed by atoms with Gasteiger partial charge < -0.3 is 9.42 Å². The predicted molar refractivity (Wildman–Crippen MR) is 78.6 cm³/mol. The molecule has 1 unspecified atom stereocenters. The van der Waals surface area contributed by atoms with E-state index in [1.54, 1.807) is 18.5 Å². The monoisotopic (exact) mass is 301 g/mol. The van der Waals surface area contributed by atoms with Gasteiger partial charge in [-0.1, -0.05) is 18.5 Å². The van der Waals surface area contributed by atoms with Crippen molar-refractivity contribution in [2.24, 2.45) is 5.92 Å². The van der Waals surface area contributed by atoms with E-state index >= 15 is 0 Å². The Balaban J connectivity index is 1.54. The predicted octanol–water partition coefficient (Wildman–Crippen LogP) is 1.72. The number of amides is 1. The average molecular weight is 301 g/mol. The zero-order valence-electron chi connectivity index (χ0n) is 12.6. The number of likely N-dealkylation sites (tertiary alicyclic amines) is 1. The van der Waals surface area contributed by atoms with Crippen molar-refractivity contribution < 1.29 is 9.32 Å². The summed E-state index contributed by atoms with van der Waals surface area (Å²) < 4.78 is 5.16. The first-order valence-electron chi connectivity index (χ1n) is 7.64. The fourth-order valence-corrected chi connectivity index (χ4v) is 2.63. The lowest BCUT2D eigenvalue weighted by Gasteiger charge is -2.15. The summed E-state index contributed by atoms with van der Waals surface area (Å²) in [6.45, 7) is 3.91. The lowest BCUT2D eigenvalue weighted by molar-refractivity contribution is -0.130. The maximum atomic E-state index is 12.2. The standard InChI is InChI=1S/C15H19N5O2/c1-2-11-6-9-20(10-11)13(21)5-4-12-18-15(19-22-12)14-16-7-3-8-17-14/h3,7-8,11H,2,4-6,9-10H2,1H3. The summed E-state index contributed by atoms with van der Waals surface area (Å²) in [4.78, 5) is 26.5. The van der Waals surface area contributed by atoms with Crippen molar-refractivity contribution in [3.8, 4) is 11.6 Å². The number of hydrogen-bond donors (Lipinski definition) is 0. The molecule has 0 bridgehead atoms. The quantitative estimate of drug-likeness (QED) is 0.836. The number of aromatic nitrogens is 4. The van der Waals surface area contributed by atoms with Crippen LogP contribution in [0, 0.1) is 5.92 Å². The smallest absolute Gasteiger partial charge is 0.240 e. The van der Waals surface area contributed by atoms with E-state index in [1.165, 1.54) is 0 Å². The molecule has 116 valence electrons. The van der Waals surface area contributed by atoms with Crippen LogP contribution in [0.15, 0.2) is 23.0 Å². The second-order valence-electron chi connectivity index (χ2n) is 5.49. The number of nitrogens with zero attached hydrogens (tertiary/aromatic N) is 5. The SMILES string of the molecule is CCC1CCN(C(=O)CCc2nc(-c3ncccn3)no2)C1. The van der Waals surface area contributed by atoms with Crippen LogP contribution < -0.4 is 0 Å². The lowest BCUT2D eigenvalue weighted by atomic mass is 10.1. The molecule has 0 spiro atoms. The van der Waals surface area contributed by atoms with Crippen LogP contribution in [-0.2, 0) is 11.2 Å². The third-order valence-electron chi connectivity index (χ3n) is 4.00. The second-order valence-corrected chi connectivity index (χ2v) is 5.49. The Labute approximate surface area is 128 Å². The van der Waals surface area contributed by atoms with Gasteiger partial charge in [-0.15, -0.1) is 0 Å². The first kappa shape index (κ1) is 14.6. The first-order chi connectivity index (χ1) is 10.8. The van der Waals surface area contributed by atoms with Crippen LogP contribution in [-0.4, -0.2) is 44.0 Å². The van der Waals surface area contributed by atoms with E-state index in [4.69, 9.17) is 4.52 Å². The fourth-order valence-electron chi connectivity index (χ4n) is 2.63. The minimum absolute atomic E-state index is 0.159. The molecule has 3 heterocycles. The molecular weight excluding hydrogens is 282 g/mol. The van der Waals surface area contributed by atoms with Crippen LogP contribution in [0.2, 0.25) is 0 Å². The van der Waals surface area contributed by atoms with E-state index in [2.05, 4.69) is 27.0 Å². The molecule has 1 saturated heterocycles. The van der Waals surface area contributed by atoms with Gasteiger partial charge in [0.15, 0.2) is 0 Å². The third-order valence-corrected chi connectivity index (χ3v) is 4.00. The van der Waals surface area contributed by atoms with Gasteiger partial charge in [0, 0.05) is 38.3 Å². The Morgan fingerprint density at radius 3 is 2.91 bits per heavy atom. The van der Waals surface area contributed by atoms with Crippen molar-refractivity contribution >= 4 is 5.91 Å². The van der Waals surface area contributed by atoms with Crippen molar-refractivity contribution in [3.63, 3.8) is 0 Å². The van der Waals surface area contributed by atoms with Crippen molar-refractivity contribution in [2.45, 2.75) is 32.6 Å². The highest BCUT2D eigenvalue weighted by Crippen LogP contribution is 2.20. The average Bonchev–Trinajstić information content (AvgIpc) is 3.22. The molecule has 2 aromatic heterocycles. The van der Waals surface area contributed by atoms with E-state index in [0.29, 0.717) is 36.3 Å². The van der Waals surface area contributed by atoms with E-state index in [0.717, 1.165) is 25.9 Å². The molecular formula is C15H19N5O2. The summed E-state index contributed by atoms with van der Waals surface area (Å²) in [5.41, 5.74) is 0. The summed E-state index contributed by atoms with van der Waals surface area (Å²) in [6, 6.07) is 1.72. The molecule has 22 heavy (non-hydrogen) atoms. The van der Waals surface area contributed by atoms with Gasteiger partial charge in [0.25, 0.3) is 0 Å². The number of carbonyl (C=O) groups excluding carboxylic acids is 1. The summed E-state index contributed by atoms with van der Waals surface area (Å²) in [6.07, 6.45) is 6.34. The second kappa shape index (κ2) is 6.64. The molecule has 0 aliphatic carbocycles. The summed E-state index contributed by atoms with van der Waals surface area (Å²) >= 11 is 0. The number of carbonyl (C=O) groups is 1. The van der Waals surface area contributed by atoms with Crippen LogP contribution in [0.3, 0.4) is 0 Å². The van der Waals surface area contributed by atoms with Crippen molar-refractivity contribution in [1.82, 2.24) is 25.0 Å². The van der Waals surface area contributed by atoms with Gasteiger partial charge in [0.1, 0.15) is 0 Å². The zero-order chi connectivity index (χ0) is 15.4. The first-order valence-corrected chi connectivity index (χ1v) is 7.64. The topological polar surface area (TPSA) is 85.0 Å². The van der Waals surface area contributed by atoms with Crippen molar-refractivity contribution in [2.75, 3.05) is 13.1 Å². The maximum absolute atomic E-state index is 12.2. The van der Waals surface area contributed by atoms with E-state index in [-0.39, 0.29) is 5.91 Å². The zero-order valence-corrected chi connectivity index (χ0v) is 12.6. The molecule has 0 radical (unpaired) electrons. The molecule has 1 amide bonds. The normalized spacial score (nSPS) is 17.9. The van der Waals surface area contributed by atoms with Crippen LogP contribution in [0.25, 0.3) is 11.6 Å². The van der Waals surface area contributed by atoms with Crippen molar-refractivity contribution in [1.29, 1.82) is 0 Å². The maximum Gasteiger partial charge on any atom is 0.240 e. The third kappa shape index (κ3) is 3.29. The number of rotatable bonds is 5. The molecule has 7 nitrogen and oxygen atoms in total. The summed E-state index contributed by atoms with van der Waals surface area (Å²) in [7, 11) is 0. The summed E-state index contributed by atoms with van der Waals surface area (Å²) in [5.74, 6) is 2.03. The Morgan fingerprint density at radius 2 is 2.18 bits per heavy atom. The Hall–Kier alpha value is -2.31. The van der Waals surface area contributed by atoms with Crippen LogP contribution in [0.4, 0.5) is 0 Å². The molecule has 1 aliphatic heterocycles. The molecule has 0 aromatic carbocycles. The Kier molecular flexibility index (Phi) is 4.41. The molecule has 1 fully saturated rings. The number of hydrogen-bond acceptors (Lipinski definition) is 6. The molecule has 1 atom stereocenters. The molecule has 7 heteroatoms. The van der Waals surface area contributed by atoms with E-state index in [1.807, 2.05) is 4.90 Å². The van der Waals surface area contributed by atoms with Gasteiger partial charge in [0.2, 0.25) is 23.4 Å². The minimum Gasteiger partial charge on any atom is -0.342 e. The van der Waals surface area contributed by atoms with Crippen LogP contribution in [0.5, 0.6) is 0 Å². The van der Waals surface area contributed by atoms with Gasteiger partial charge >= 0.3 is 0 Å². The van der Waals surface area contributed by atoms with E-state index < -0.39 is 0 Å². The van der Waals surface area contributed by atoms with Crippen LogP contribution in [0.1, 0.15) is 32.1 Å². The largest absolute Gasteiger partial charge is 0.342 e. The highest BCUT2D eigenvalue weighted by molar-refractivity contribution is 5.76. The molecule has 0 saturated carbocycles. The van der Waals surface area contributed by atoms with Gasteiger partial charge in [-0.2, -0.15) is 4.98 Å². The highest BCUT2D eigenvalue weighted by Gasteiger charge is 2.25. The fraction of sp³-hybridized carbons (Fsp3) is 0.533. The van der Waals surface area contributed by atoms with Gasteiger partial charge in [-0.25, -0.2) is 9.97 Å². The van der Waals surface area contributed by atoms with Gasteiger partial charge in [-0.3, -0.25) is 4.79 Å². The Bertz CT molecular complexity index is 628. The van der Waals surface area contributed by atoms with E-state index in [9.17, 15) is 4.79 Å². The Morgan fingerprint density at radius 1 is 1.36 bits per heavy atom. The molecule has 3 rings (SSSR count). The summed E-state index contributed by atoms with van der Waals surface area (Å²) in [5, 5.41) is 3.85. The minimum atomic E-state index is 0.159. The molecule has 1 aliphatic rings. The van der Waals surface area contributed by atoms with Crippen LogP contribution >= 0.6 is 0 Å². The highest BCUT2D eigenvalue weighted by atomic mass is 16.5. The van der Waals surface area contributed by atoms with Gasteiger partial charge in [-0.05, 0) is 18.4 Å².